The van der Waals surface area contributed by atoms with Crippen molar-refractivity contribution in [3.05, 3.63) is 0 Å². The topological polar surface area (TPSA) is 42.1 Å². The van der Waals surface area contributed by atoms with Crippen molar-refractivity contribution in [2.75, 3.05) is 26.3 Å². The molecule has 0 aromatic heterocycles. The molecular formula is C8H13NO3. The molecule has 0 saturated carbocycles. The van der Waals surface area contributed by atoms with Gasteiger partial charge < -0.3 is 14.4 Å². The van der Waals surface area contributed by atoms with Crippen molar-refractivity contribution in [2.24, 2.45) is 0 Å². The predicted octanol–water partition coefficient (Wildman–Crippen LogP) is 0.618. The Morgan fingerprint density at radius 1 is 1.75 bits per heavy atom. The van der Waals surface area contributed by atoms with E-state index >= 15 is 0 Å². The quantitative estimate of drug-likeness (QED) is 0.543. The lowest BCUT2D eigenvalue weighted by Gasteiger charge is -2.13. The summed E-state index contributed by atoms with van der Waals surface area (Å²) < 4.78 is 10.1. The predicted molar refractivity (Wildman–Crippen MR) is 41.9 cm³/mol. The van der Waals surface area contributed by atoms with Gasteiger partial charge in [0.2, 0.25) is 0 Å². The molecule has 2 saturated heterocycles. The lowest BCUT2D eigenvalue weighted by Crippen LogP contribution is -2.30. The molecule has 4 heteroatoms. The van der Waals surface area contributed by atoms with Gasteiger partial charge in [0.1, 0.15) is 5.60 Å². The van der Waals surface area contributed by atoms with Gasteiger partial charge >= 0.3 is 6.09 Å². The van der Waals surface area contributed by atoms with Gasteiger partial charge in [-0.25, -0.2) is 4.79 Å². The molecule has 1 spiro atoms. The fourth-order valence-electron chi connectivity index (χ4n) is 1.55. The molecule has 0 aromatic rings. The number of carbonyl (C=O) groups excluding carboxylic acids is 1. The summed E-state index contributed by atoms with van der Waals surface area (Å²) in [4.78, 5) is 12.9. The minimum atomic E-state index is -0.204. The molecule has 2 fully saturated rings. The molecule has 2 aliphatic rings. The Kier molecular flexibility index (Phi) is 1.72. The Hall–Kier alpha value is -0.770. The first-order chi connectivity index (χ1) is 5.76. The zero-order valence-electron chi connectivity index (χ0n) is 7.21. The summed E-state index contributed by atoms with van der Waals surface area (Å²) in [6, 6.07) is 0. The number of likely N-dealkylation sites (tertiary alicyclic amines) is 1. The van der Waals surface area contributed by atoms with Crippen LogP contribution in [-0.4, -0.2) is 42.9 Å². The maximum absolute atomic E-state index is 11.2. The van der Waals surface area contributed by atoms with Crippen molar-refractivity contribution in [3.8, 4) is 0 Å². The number of ether oxygens (including phenoxy) is 2. The van der Waals surface area contributed by atoms with Gasteiger partial charge in [0, 0.05) is 6.54 Å². The summed E-state index contributed by atoms with van der Waals surface area (Å²) in [5, 5.41) is 0. The van der Waals surface area contributed by atoms with E-state index in [0.717, 1.165) is 19.6 Å². The number of hydrogen-bond donors (Lipinski definition) is 0. The molecule has 68 valence electrons. The molecule has 2 aliphatic heterocycles. The van der Waals surface area contributed by atoms with Crippen molar-refractivity contribution < 1.29 is 14.3 Å². The summed E-state index contributed by atoms with van der Waals surface area (Å²) in [6.07, 6.45) is 0.760. The average molecular weight is 171 g/mol. The van der Waals surface area contributed by atoms with Crippen molar-refractivity contribution in [2.45, 2.75) is 18.9 Å². The van der Waals surface area contributed by atoms with E-state index in [-0.39, 0.29) is 11.7 Å². The summed E-state index contributed by atoms with van der Waals surface area (Å²) in [7, 11) is 0. The highest BCUT2D eigenvalue weighted by Crippen LogP contribution is 2.36. The largest absolute Gasteiger partial charge is 0.450 e. The fraction of sp³-hybridized carbons (Fsp3) is 0.875. The molecule has 0 bridgehead atoms. The Labute approximate surface area is 71.4 Å². The first-order valence-electron chi connectivity index (χ1n) is 4.31. The number of nitrogens with zero attached hydrogens (tertiary/aromatic N) is 1. The van der Waals surface area contributed by atoms with Crippen LogP contribution < -0.4 is 0 Å². The molecule has 2 heterocycles. The minimum absolute atomic E-state index is 0.0206. The molecule has 1 unspecified atom stereocenters. The van der Waals surface area contributed by atoms with Crippen molar-refractivity contribution in [3.63, 3.8) is 0 Å². The number of amides is 1. The van der Waals surface area contributed by atoms with Crippen LogP contribution in [0.25, 0.3) is 0 Å². The summed E-state index contributed by atoms with van der Waals surface area (Å²) in [5.41, 5.74) is 0.0206. The van der Waals surface area contributed by atoms with Crippen LogP contribution in [0.15, 0.2) is 0 Å². The van der Waals surface area contributed by atoms with E-state index in [1.165, 1.54) is 0 Å². The van der Waals surface area contributed by atoms with Gasteiger partial charge in [-0.2, -0.15) is 0 Å². The molecule has 0 aromatic carbocycles. The second-order valence-corrected chi connectivity index (χ2v) is 3.34. The van der Waals surface area contributed by atoms with Crippen molar-refractivity contribution in [1.29, 1.82) is 0 Å². The summed E-state index contributed by atoms with van der Waals surface area (Å²) in [5.74, 6) is 0. The van der Waals surface area contributed by atoms with Gasteiger partial charge in [0.15, 0.2) is 0 Å². The zero-order valence-corrected chi connectivity index (χ0v) is 7.21. The molecule has 0 aliphatic carbocycles. The second kappa shape index (κ2) is 2.62. The van der Waals surface area contributed by atoms with Crippen LogP contribution in [0.4, 0.5) is 4.79 Å². The van der Waals surface area contributed by atoms with Crippen LogP contribution in [-0.2, 0) is 9.47 Å². The number of epoxide rings is 1. The van der Waals surface area contributed by atoms with Crippen LogP contribution in [0.2, 0.25) is 0 Å². The maximum atomic E-state index is 11.2. The lowest BCUT2D eigenvalue weighted by atomic mass is 10.1. The average Bonchev–Trinajstić information content (AvgIpc) is 2.62. The van der Waals surface area contributed by atoms with Crippen LogP contribution in [0.1, 0.15) is 13.3 Å². The Bertz CT molecular complexity index is 200. The van der Waals surface area contributed by atoms with E-state index in [9.17, 15) is 4.79 Å². The monoisotopic (exact) mass is 171 g/mol. The number of hydrogen-bond acceptors (Lipinski definition) is 3. The number of carbonyl (C=O) groups is 1. The first-order valence-corrected chi connectivity index (χ1v) is 4.31. The van der Waals surface area contributed by atoms with Gasteiger partial charge in [-0.15, -0.1) is 0 Å². The highest BCUT2D eigenvalue weighted by atomic mass is 16.6. The van der Waals surface area contributed by atoms with E-state index in [1.807, 2.05) is 6.92 Å². The van der Waals surface area contributed by atoms with E-state index in [1.54, 1.807) is 4.90 Å². The van der Waals surface area contributed by atoms with Gasteiger partial charge in [-0.3, -0.25) is 0 Å². The van der Waals surface area contributed by atoms with E-state index in [0.29, 0.717) is 13.2 Å². The highest BCUT2D eigenvalue weighted by molar-refractivity contribution is 5.68. The van der Waals surface area contributed by atoms with Crippen LogP contribution in [0.5, 0.6) is 0 Å². The van der Waals surface area contributed by atoms with Gasteiger partial charge in [0.25, 0.3) is 0 Å². The third-order valence-corrected chi connectivity index (χ3v) is 2.39. The first kappa shape index (κ1) is 7.86. The molecule has 12 heavy (non-hydrogen) atoms. The van der Waals surface area contributed by atoms with Gasteiger partial charge in [-0.05, 0) is 13.3 Å². The lowest BCUT2D eigenvalue weighted by molar-refractivity contribution is 0.113. The third-order valence-electron chi connectivity index (χ3n) is 2.39. The van der Waals surface area contributed by atoms with Crippen molar-refractivity contribution in [1.82, 2.24) is 4.90 Å². The molecule has 4 nitrogen and oxygen atoms in total. The van der Waals surface area contributed by atoms with E-state index in [2.05, 4.69) is 0 Å². The second-order valence-electron chi connectivity index (χ2n) is 3.34. The fourth-order valence-corrected chi connectivity index (χ4v) is 1.55. The molecular weight excluding hydrogens is 158 g/mol. The standard InChI is InChI=1S/C8H13NO3/c1-2-11-7(10)9-4-3-8(5-9)6-12-8/h2-6H2,1H3. The van der Waals surface area contributed by atoms with Crippen molar-refractivity contribution >= 4 is 6.09 Å². The summed E-state index contributed by atoms with van der Waals surface area (Å²) in [6.45, 7) is 4.56. The highest BCUT2D eigenvalue weighted by Gasteiger charge is 2.51. The number of rotatable bonds is 1. The smallest absolute Gasteiger partial charge is 0.409 e. The molecule has 1 atom stereocenters. The zero-order chi connectivity index (χ0) is 8.60. The molecule has 0 N–H and O–H groups in total. The summed E-state index contributed by atoms with van der Waals surface area (Å²) >= 11 is 0. The SMILES string of the molecule is CCOC(=O)N1CCC2(CO2)C1. The molecule has 1 amide bonds. The van der Waals surface area contributed by atoms with Gasteiger partial charge in [-0.1, -0.05) is 0 Å². The van der Waals surface area contributed by atoms with Crippen LogP contribution in [0.3, 0.4) is 0 Å². The van der Waals surface area contributed by atoms with Gasteiger partial charge in [0.05, 0.1) is 19.8 Å². The maximum Gasteiger partial charge on any atom is 0.409 e. The normalized spacial score (nSPS) is 32.6. The molecule has 2 rings (SSSR count). The van der Waals surface area contributed by atoms with E-state index in [4.69, 9.17) is 9.47 Å². The Balaban J connectivity index is 1.86. The Morgan fingerprint density at radius 3 is 3.00 bits per heavy atom. The third kappa shape index (κ3) is 1.27. The molecule has 0 radical (unpaired) electrons. The minimum Gasteiger partial charge on any atom is -0.450 e. The van der Waals surface area contributed by atoms with Crippen LogP contribution >= 0.6 is 0 Å². The van der Waals surface area contributed by atoms with E-state index < -0.39 is 0 Å². The van der Waals surface area contributed by atoms with Crippen LogP contribution in [0, 0.1) is 0 Å². The Morgan fingerprint density at radius 2 is 2.50 bits per heavy atom.